The molecule has 0 atom stereocenters. The van der Waals surface area contributed by atoms with Gasteiger partial charge in [0.1, 0.15) is 0 Å². The number of nitrogens with two attached hydrogens (primary N) is 1. The van der Waals surface area contributed by atoms with Crippen molar-refractivity contribution in [1.82, 2.24) is 5.32 Å². The van der Waals surface area contributed by atoms with Crippen LogP contribution in [-0.4, -0.2) is 30.8 Å². The number of carbonyl (C=O) groups is 3. The van der Waals surface area contributed by atoms with Gasteiger partial charge in [-0.15, -0.1) is 12.4 Å². The van der Waals surface area contributed by atoms with Gasteiger partial charge in [0.05, 0.1) is 16.8 Å². The number of hydrogen-bond acceptors (Lipinski definition) is 4. The lowest BCUT2D eigenvalue weighted by Gasteiger charge is -2.17. The summed E-state index contributed by atoms with van der Waals surface area (Å²) in [6, 6.07) is 10.2. The number of nitrogens with zero attached hydrogens (tertiary/aromatic N) is 1. The quantitative estimate of drug-likeness (QED) is 0.609. The molecular weight excluding hydrogens is 366 g/mol. The Kier molecular flexibility index (Phi) is 6.36. The molecule has 1 heterocycles. The van der Waals surface area contributed by atoms with E-state index >= 15 is 0 Å². The third-order valence-electron chi connectivity index (χ3n) is 4.42. The first-order valence-corrected chi connectivity index (χ1v) is 8.52. The summed E-state index contributed by atoms with van der Waals surface area (Å²) >= 11 is 0. The highest BCUT2D eigenvalue weighted by atomic mass is 35.5. The molecule has 1 aliphatic heterocycles. The first-order chi connectivity index (χ1) is 12.4. The van der Waals surface area contributed by atoms with Gasteiger partial charge in [-0.3, -0.25) is 14.4 Å². The number of fused-ring (bicyclic) bond motifs is 1. The van der Waals surface area contributed by atoms with E-state index in [-0.39, 0.29) is 29.8 Å². The van der Waals surface area contributed by atoms with Crippen molar-refractivity contribution < 1.29 is 14.4 Å². The van der Waals surface area contributed by atoms with Gasteiger partial charge >= 0.3 is 0 Å². The van der Waals surface area contributed by atoms with Gasteiger partial charge in [-0.1, -0.05) is 12.1 Å². The standard InChI is InChI=1S/C20H21N3O3.ClH/c1-12-4-5-13(2)17(10-12)23-19(25)15-7-6-14(11-16(15)20(23)26)18(24)22-9-3-8-21;/h4-7,10-11H,3,8-9,21H2,1-2H3,(H,22,24);1H. The molecular formula is C20H22ClN3O3. The van der Waals surface area contributed by atoms with Crippen LogP contribution in [0.2, 0.25) is 0 Å². The van der Waals surface area contributed by atoms with Crippen LogP contribution in [0.4, 0.5) is 5.69 Å². The normalized spacial score (nSPS) is 12.6. The monoisotopic (exact) mass is 387 g/mol. The third kappa shape index (κ3) is 3.86. The Balaban J connectivity index is 0.00000261. The van der Waals surface area contributed by atoms with Crippen LogP contribution in [0.15, 0.2) is 36.4 Å². The molecule has 2 aromatic carbocycles. The van der Waals surface area contributed by atoms with Gasteiger partial charge in [-0.25, -0.2) is 4.90 Å². The minimum atomic E-state index is -0.407. The Morgan fingerprint density at radius 1 is 1.04 bits per heavy atom. The summed E-state index contributed by atoms with van der Waals surface area (Å²) in [5.74, 6) is -1.06. The predicted octanol–water partition coefficient (Wildman–Crippen LogP) is 2.60. The number of carbonyl (C=O) groups excluding carboxylic acids is 3. The van der Waals surface area contributed by atoms with Crippen molar-refractivity contribution in [1.29, 1.82) is 0 Å². The lowest BCUT2D eigenvalue weighted by Crippen LogP contribution is -2.30. The average Bonchev–Trinajstić information content (AvgIpc) is 2.88. The summed E-state index contributed by atoms with van der Waals surface area (Å²) < 4.78 is 0. The van der Waals surface area contributed by atoms with Gasteiger partial charge in [-0.2, -0.15) is 0 Å². The highest BCUT2D eigenvalue weighted by Crippen LogP contribution is 2.31. The van der Waals surface area contributed by atoms with Crippen LogP contribution in [0.5, 0.6) is 0 Å². The van der Waals surface area contributed by atoms with Crippen LogP contribution in [0.3, 0.4) is 0 Å². The maximum Gasteiger partial charge on any atom is 0.266 e. The molecule has 3 amide bonds. The van der Waals surface area contributed by atoms with E-state index < -0.39 is 5.91 Å². The smallest absolute Gasteiger partial charge is 0.266 e. The van der Waals surface area contributed by atoms with Gasteiger partial charge in [0.25, 0.3) is 17.7 Å². The van der Waals surface area contributed by atoms with Crippen LogP contribution in [0, 0.1) is 13.8 Å². The molecule has 3 rings (SSSR count). The summed E-state index contributed by atoms with van der Waals surface area (Å²) in [5, 5.41) is 2.75. The van der Waals surface area contributed by atoms with Crippen molar-refractivity contribution >= 4 is 35.8 Å². The zero-order chi connectivity index (χ0) is 18.8. The number of hydrogen-bond donors (Lipinski definition) is 2. The summed E-state index contributed by atoms with van der Waals surface area (Å²) in [7, 11) is 0. The van der Waals surface area contributed by atoms with Gasteiger partial charge in [0, 0.05) is 12.1 Å². The maximum atomic E-state index is 12.9. The Morgan fingerprint density at radius 3 is 2.44 bits per heavy atom. The Hall–Kier alpha value is -2.70. The second-order valence-electron chi connectivity index (χ2n) is 6.39. The second kappa shape index (κ2) is 8.33. The summed E-state index contributed by atoms with van der Waals surface area (Å²) in [6.07, 6.45) is 0.675. The van der Waals surface area contributed by atoms with Crippen LogP contribution >= 0.6 is 12.4 Å². The van der Waals surface area contributed by atoms with Crippen molar-refractivity contribution in [2.75, 3.05) is 18.0 Å². The number of nitrogens with one attached hydrogen (secondary N) is 1. The number of halogens is 1. The van der Waals surface area contributed by atoms with E-state index in [9.17, 15) is 14.4 Å². The lowest BCUT2D eigenvalue weighted by atomic mass is 10.1. The number of amides is 3. The number of imide groups is 1. The largest absolute Gasteiger partial charge is 0.352 e. The van der Waals surface area contributed by atoms with Crippen LogP contribution < -0.4 is 16.0 Å². The van der Waals surface area contributed by atoms with Crippen molar-refractivity contribution in [2.24, 2.45) is 5.73 Å². The molecule has 0 aromatic heterocycles. The van der Waals surface area contributed by atoms with E-state index in [2.05, 4.69) is 5.32 Å². The molecule has 0 fully saturated rings. The molecule has 27 heavy (non-hydrogen) atoms. The molecule has 2 aromatic rings. The number of anilines is 1. The summed E-state index contributed by atoms with van der Waals surface area (Å²) in [5.41, 5.74) is 8.71. The van der Waals surface area contributed by atoms with E-state index in [1.807, 2.05) is 32.0 Å². The molecule has 0 unspecified atom stereocenters. The van der Waals surface area contributed by atoms with Crippen molar-refractivity contribution in [3.05, 3.63) is 64.2 Å². The summed E-state index contributed by atoms with van der Waals surface area (Å²) in [4.78, 5) is 39.0. The van der Waals surface area contributed by atoms with Gasteiger partial charge in [0.2, 0.25) is 0 Å². The molecule has 0 radical (unpaired) electrons. The molecule has 1 aliphatic rings. The zero-order valence-electron chi connectivity index (χ0n) is 15.2. The number of benzene rings is 2. The van der Waals surface area contributed by atoms with Crippen LogP contribution in [0.25, 0.3) is 0 Å². The van der Waals surface area contributed by atoms with E-state index in [0.29, 0.717) is 36.3 Å². The molecule has 0 saturated heterocycles. The van der Waals surface area contributed by atoms with Gasteiger partial charge in [0.15, 0.2) is 0 Å². The molecule has 0 saturated carbocycles. The lowest BCUT2D eigenvalue weighted by molar-refractivity contribution is 0.0923. The highest BCUT2D eigenvalue weighted by molar-refractivity contribution is 6.35. The topological polar surface area (TPSA) is 92.5 Å². The van der Waals surface area contributed by atoms with Gasteiger partial charge in [-0.05, 0) is 62.2 Å². The molecule has 7 heteroatoms. The van der Waals surface area contributed by atoms with Crippen LogP contribution in [0.1, 0.15) is 48.6 Å². The number of rotatable bonds is 5. The molecule has 0 bridgehead atoms. The minimum absolute atomic E-state index is 0. The Labute approximate surface area is 164 Å². The second-order valence-corrected chi connectivity index (χ2v) is 6.39. The molecule has 0 aliphatic carbocycles. The van der Waals surface area contributed by atoms with E-state index in [1.54, 1.807) is 12.1 Å². The van der Waals surface area contributed by atoms with Gasteiger partial charge < -0.3 is 11.1 Å². The third-order valence-corrected chi connectivity index (χ3v) is 4.42. The first-order valence-electron chi connectivity index (χ1n) is 8.52. The maximum absolute atomic E-state index is 12.9. The van der Waals surface area contributed by atoms with E-state index in [0.717, 1.165) is 11.1 Å². The Bertz CT molecular complexity index is 911. The zero-order valence-corrected chi connectivity index (χ0v) is 16.1. The van der Waals surface area contributed by atoms with E-state index in [1.165, 1.54) is 11.0 Å². The first kappa shape index (κ1) is 20.6. The fourth-order valence-electron chi connectivity index (χ4n) is 2.97. The fourth-order valence-corrected chi connectivity index (χ4v) is 2.97. The number of aryl methyl sites for hydroxylation is 2. The minimum Gasteiger partial charge on any atom is -0.352 e. The van der Waals surface area contributed by atoms with Crippen molar-refractivity contribution in [2.45, 2.75) is 20.3 Å². The molecule has 142 valence electrons. The molecule has 3 N–H and O–H groups in total. The highest BCUT2D eigenvalue weighted by Gasteiger charge is 2.37. The SMILES string of the molecule is Cc1ccc(C)c(N2C(=O)c3ccc(C(=O)NCCCN)cc3C2=O)c1.Cl. The van der Waals surface area contributed by atoms with Crippen LogP contribution in [-0.2, 0) is 0 Å². The van der Waals surface area contributed by atoms with Crippen molar-refractivity contribution in [3.63, 3.8) is 0 Å². The predicted molar refractivity (Wildman–Crippen MR) is 107 cm³/mol. The Morgan fingerprint density at radius 2 is 1.74 bits per heavy atom. The summed E-state index contributed by atoms with van der Waals surface area (Å²) in [6.45, 7) is 4.72. The molecule has 0 spiro atoms. The van der Waals surface area contributed by atoms with E-state index in [4.69, 9.17) is 5.73 Å². The fraction of sp³-hybridized carbons (Fsp3) is 0.250. The van der Waals surface area contributed by atoms with Crippen molar-refractivity contribution in [3.8, 4) is 0 Å². The molecule has 6 nitrogen and oxygen atoms in total. The average molecular weight is 388 g/mol.